The van der Waals surface area contributed by atoms with Crippen molar-refractivity contribution in [3.63, 3.8) is 0 Å². The maximum absolute atomic E-state index is 6.05. The maximum atomic E-state index is 6.05. The Morgan fingerprint density at radius 3 is 2.70 bits per heavy atom. The third-order valence-electron chi connectivity index (χ3n) is 6.28. The number of thiophene rings is 1. The van der Waals surface area contributed by atoms with Crippen molar-refractivity contribution in [1.82, 2.24) is 15.1 Å². The quantitative estimate of drug-likeness (QED) is 0.373. The summed E-state index contributed by atoms with van der Waals surface area (Å²) in [5.41, 5.74) is 0.178. The molecule has 0 amide bonds. The van der Waals surface area contributed by atoms with Crippen molar-refractivity contribution in [1.29, 1.82) is 0 Å². The van der Waals surface area contributed by atoms with E-state index < -0.39 is 0 Å². The summed E-state index contributed by atoms with van der Waals surface area (Å²) in [6.07, 6.45) is 1.58. The van der Waals surface area contributed by atoms with Crippen LogP contribution >= 0.6 is 46.9 Å². The van der Waals surface area contributed by atoms with Crippen LogP contribution < -0.4 is 5.32 Å². The molecule has 3 heterocycles. The van der Waals surface area contributed by atoms with Crippen LogP contribution in [0.2, 0.25) is 4.34 Å². The van der Waals surface area contributed by atoms with Gasteiger partial charge in [-0.2, -0.15) is 0 Å². The summed E-state index contributed by atoms with van der Waals surface area (Å²) in [6.45, 7) is 10.7. The van der Waals surface area contributed by atoms with Gasteiger partial charge in [0.2, 0.25) is 0 Å². The van der Waals surface area contributed by atoms with Gasteiger partial charge in [-0.15, -0.1) is 35.3 Å². The van der Waals surface area contributed by atoms with Gasteiger partial charge < -0.3 is 15.0 Å². The Kier molecular flexibility index (Phi) is 6.99. The van der Waals surface area contributed by atoms with Crippen LogP contribution in [0.25, 0.3) is 0 Å². The van der Waals surface area contributed by atoms with Crippen LogP contribution in [0.1, 0.15) is 25.1 Å². The van der Waals surface area contributed by atoms with Gasteiger partial charge in [0.05, 0.1) is 10.4 Å². The summed E-state index contributed by atoms with van der Waals surface area (Å²) in [5, 5.41) is 3.76. The highest BCUT2D eigenvalue weighted by atomic mass is 127. The molecule has 3 aliphatic rings. The van der Waals surface area contributed by atoms with Crippen molar-refractivity contribution in [2.45, 2.75) is 39.0 Å². The van der Waals surface area contributed by atoms with E-state index in [1.807, 2.05) is 13.1 Å². The monoisotopic (exact) mass is 524 g/mol. The van der Waals surface area contributed by atoms with Gasteiger partial charge in [-0.1, -0.05) is 25.4 Å². The number of nitrogens with zero attached hydrogens (tertiary/aromatic N) is 3. The third kappa shape index (κ3) is 4.27. The van der Waals surface area contributed by atoms with Crippen LogP contribution in [0, 0.1) is 11.3 Å². The Hall–Kier alpha value is -0.0900. The fourth-order valence-corrected chi connectivity index (χ4v) is 5.96. The SMILES string of the molecule is CN=C(NC1C2CCOC2C1(C)C)N1CCN(Cc2ccc(Cl)s2)CC1.I. The first kappa shape index (κ1) is 21.6. The average molecular weight is 525 g/mol. The number of hydrogen-bond donors (Lipinski definition) is 1. The number of halogens is 2. The molecule has 4 rings (SSSR count). The van der Waals surface area contributed by atoms with E-state index in [4.69, 9.17) is 16.3 Å². The predicted molar refractivity (Wildman–Crippen MR) is 124 cm³/mol. The second-order valence-corrected chi connectivity index (χ2v) is 10.0. The molecule has 152 valence electrons. The molecule has 1 aliphatic carbocycles. The summed E-state index contributed by atoms with van der Waals surface area (Å²) >= 11 is 7.73. The number of ether oxygens (including phenoxy) is 1. The molecule has 0 aromatic carbocycles. The fraction of sp³-hybridized carbons (Fsp3) is 0.737. The first-order valence-corrected chi connectivity index (χ1v) is 10.7. The number of piperazine rings is 1. The van der Waals surface area contributed by atoms with E-state index in [1.165, 1.54) is 11.3 Å². The van der Waals surface area contributed by atoms with E-state index in [2.05, 4.69) is 40.0 Å². The molecule has 8 heteroatoms. The molecule has 1 aromatic rings. The lowest BCUT2D eigenvalue weighted by atomic mass is 9.57. The highest BCUT2D eigenvalue weighted by Crippen LogP contribution is 2.52. The van der Waals surface area contributed by atoms with Crippen LogP contribution in [0.3, 0.4) is 0 Å². The Morgan fingerprint density at radius 2 is 2.07 bits per heavy atom. The smallest absolute Gasteiger partial charge is 0.193 e. The number of hydrogen-bond acceptors (Lipinski definition) is 4. The third-order valence-corrected chi connectivity index (χ3v) is 7.49. The van der Waals surface area contributed by atoms with Gasteiger partial charge in [-0.25, -0.2) is 0 Å². The number of nitrogens with one attached hydrogen (secondary N) is 1. The molecule has 3 atom stereocenters. The predicted octanol–water partition coefficient (Wildman–Crippen LogP) is 3.53. The lowest BCUT2D eigenvalue weighted by Gasteiger charge is -2.55. The molecule has 1 aromatic heterocycles. The summed E-state index contributed by atoms with van der Waals surface area (Å²) in [4.78, 5) is 10.8. The van der Waals surface area contributed by atoms with Gasteiger partial charge in [0, 0.05) is 68.6 Å². The van der Waals surface area contributed by atoms with E-state index >= 15 is 0 Å². The number of guanidine groups is 1. The Labute approximate surface area is 188 Å². The normalized spacial score (nSPS) is 30.4. The Balaban J connectivity index is 0.00000210. The van der Waals surface area contributed by atoms with Crippen LogP contribution in [-0.4, -0.2) is 67.7 Å². The highest BCUT2D eigenvalue weighted by Gasteiger charge is 2.59. The Morgan fingerprint density at radius 1 is 1.33 bits per heavy atom. The van der Waals surface area contributed by atoms with Crippen molar-refractivity contribution >= 4 is 52.9 Å². The molecule has 27 heavy (non-hydrogen) atoms. The molecule has 1 saturated carbocycles. The second kappa shape index (κ2) is 8.73. The largest absolute Gasteiger partial charge is 0.377 e. The van der Waals surface area contributed by atoms with Crippen molar-refractivity contribution in [3.05, 3.63) is 21.3 Å². The zero-order valence-electron chi connectivity index (χ0n) is 16.3. The summed E-state index contributed by atoms with van der Waals surface area (Å²) < 4.78 is 6.80. The minimum absolute atomic E-state index is 0. The standard InChI is InChI=1S/C19H29ClN4OS.HI/c1-19(2)16(14-6-11-25-17(14)19)22-18(21-3)24-9-7-23(8-10-24)12-13-4-5-15(20)26-13;/h4-5,14,16-17H,6-12H2,1-3H3,(H,21,22);1H. The lowest BCUT2D eigenvalue weighted by Crippen LogP contribution is -2.68. The molecular weight excluding hydrogens is 495 g/mol. The molecule has 0 spiro atoms. The highest BCUT2D eigenvalue weighted by molar-refractivity contribution is 14.0. The number of fused-ring (bicyclic) bond motifs is 1. The fourth-order valence-electron chi connectivity index (χ4n) is 4.83. The zero-order chi connectivity index (χ0) is 18.3. The van der Waals surface area contributed by atoms with Crippen LogP contribution in [0.4, 0.5) is 0 Å². The van der Waals surface area contributed by atoms with E-state index in [-0.39, 0.29) is 29.4 Å². The van der Waals surface area contributed by atoms with Gasteiger partial charge in [0.25, 0.3) is 0 Å². The molecule has 0 bridgehead atoms. The molecule has 0 radical (unpaired) electrons. The van der Waals surface area contributed by atoms with E-state index in [0.717, 1.165) is 49.6 Å². The molecule has 1 N–H and O–H groups in total. The van der Waals surface area contributed by atoms with Crippen molar-refractivity contribution in [3.8, 4) is 0 Å². The first-order chi connectivity index (χ1) is 12.5. The molecule has 3 unspecified atom stereocenters. The van der Waals surface area contributed by atoms with Crippen molar-refractivity contribution < 1.29 is 4.74 Å². The van der Waals surface area contributed by atoms with E-state index in [9.17, 15) is 0 Å². The molecule has 5 nitrogen and oxygen atoms in total. The molecule has 3 fully saturated rings. The maximum Gasteiger partial charge on any atom is 0.193 e. The average Bonchev–Trinajstić information content (AvgIpc) is 3.24. The van der Waals surface area contributed by atoms with E-state index in [0.29, 0.717) is 18.1 Å². The van der Waals surface area contributed by atoms with Gasteiger partial charge in [-0.05, 0) is 18.6 Å². The van der Waals surface area contributed by atoms with E-state index in [1.54, 1.807) is 11.3 Å². The lowest BCUT2D eigenvalue weighted by molar-refractivity contribution is -0.107. The molecular formula is C19H30ClIN4OS. The number of rotatable bonds is 3. The summed E-state index contributed by atoms with van der Waals surface area (Å²) in [7, 11) is 1.90. The second-order valence-electron chi connectivity index (χ2n) is 8.20. The number of aliphatic imine (C=N–C) groups is 1. The van der Waals surface area contributed by atoms with Crippen molar-refractivity contribution in [2.24, 2.45) is 16.3 Å². The summed E-state index contributed by atoms with van der Waals surface area (Å²) in [5.74, 6) is 1.68. The minimum atomic E-state index is 0. The molecule has 2 saturated heterocycles. The zero-order valence-corrected chi connectivity index (χ0v) is 20.2. The Bertz CT molecular complexity index is 674. The minimum Gasteiger partial charge on any atom is -0.377 e. The first-order valence-electron chi connectivity index (χ1n) is 9.55. The van der Waals surface area contributed by atoms with Gasteiger partial charge in [0.1, 0.15) is 0 Å². The topological polar surface area (TPSA) is 40.1 Å². The van der Waals surface area contributed by atoms with Gasteiger partial charge in [0.15, 0.2) is 5.96 Å². The van der Waals surface area contributed by atoms with Crippen LogP contribution in [-0.2, 0) is 11.3 Å². The molecule has 2 aliphatic heterocycles. The van der Waals surface area contributed by atoms with Gasteiger partial charge >= 0.3 is 0 Å². The van der Waals surface area contributed by atoms with Gasteiger partial charge in [-0.3, -0.25) is 9.89 Å². The summed E-state index contributed by atoms with van der Waals surface area (Å²) in [6, 6.07) is 4.59. The van der Waals surface area contributed by atoms with Crippen molar-refractivity contribution in [2.75, 3.05) is 39.8 Å². The van der Waals surface area contributed by atoms with Crippen LogP contribution in [0.15, 0.2) is 17.1 Å². The van der Waals surface area contributed by atoms with Crippen LogP contribution in [0.5, 0.6) is 0 Å².